The lowest BCUT2D eigenvalue weighted by Gasteiger charge is -2.00. The fourth-order valence-electron chi connectivity index (χ4n) is 1.32. The molecule has 1 aromatic heterocycles. The van der Waals surface area contributed by atoms with Gasteiger partial charge in [-0.25, -0.2) is 4.98 Å². The van der Waals surface area contributed by atoms with Gasteiger partial charge in [-0.3, -0.25) is 0 Å². The normalized spacial score (nSPS) is 10.7. The number of rotatable bonds is 3. The van der Waals surface area contributed by atoms with Crippen LogP contribution in [0.3, 0.4) is 0 Å². The van der Waals surface area contributed by atoms with E-state index in [9.17, 15) is 0 Å². The number of aromatic nitrogens is 1. The molecule has 1 aromatic carbocycles. The molecule has 16 heavy (non-hydrogen) atoms. The van der Waals surface area contributed by atoms with Crippen molar-refractivity contribution in [1.29, 1.82) is 0 Å². The first-order valence-electron chi connectivity index (χ1n) is 4.67. The quantitative estimate of drug-likeness (QED) is 0.549. The second kappa shape index (κ2) is 5.51. The van der Waals surface area contributed by atoms with Gasteiger partial charge in [-0.1, -0.05) is 15.9 Å². The lowest BCUT2D eigenvalue weighted by atomic mass is 10.2. The van der Waals surface area contributed by atoms with E-state index in [1.165, 1.54) is 0 Å². The highest BCUT2D eigenvalue weighted by atomic mass is 127. The number of halogens is 3. The lowest BCUT2D eigenvalue weighted by molar-refractivity contribution is 0.514. The van der Waals surface area contributed by atoms with Gasteiger partial charge in [0.25, 0.3) is 0 Å². The topological polar surface area (TPSA) is 26.0 Å². The van der Waals surface area contributed by atoms with Crippen LogP contribution in [0.25, 0.3) is 11.3 Å². The maximum absolute atomic E-state index is 5.64. The van der Waals surface area contributed by atoms with Crippen molar-refractivity contribution >= 4 is 50.1 Å². The zero-order valence-corrected chi connectivity index (χ0v) is 12.7. The molecule has 84 valence electrons. The number of aryl methyl sites for hydroxylation is 1. The van der Waals surface area contributed by atoms with Crippen molar-refractivity contribution in [3.63, 3.8) is 0 Å². The predicted octanol–water partition coefficient (Wildman–Crippen LogP) is 4.49. The van der Waals surface area contributed by atoms with E-state index >= 15 is 0 Å². The van der Waals surface area contributed by atoms with E-state index in [4.69, 9.17) is 16.0 Å². The SMILES string of the molecule is ClCCc1ncc(-c2cc(Br)ccc2I)o1. The van der Waals surface area contributed by atoms with Crippen LogP contribution >= 0.6 is 50.1 Å². The van der Waals surface area contributed by atoms with Crippen LogP contribution < -0.4 is 0 Å². The van der Waals surface area contributed by atoms with E-state index in [0.29, 0.717) is 18.2 Å². The molecule has 2 rings (SSSR count). The summed E-state index contributed by atoms with van der Waals surface area (Å²) in [5.74, 6) is 1.99. The Labute approximate surface area is 121 Å². The Balaban J connectivity index is 2.38. The first kappa shape index (κ1) is 12.4. The minimum Gasteiger partial charge on any atom is -0.441 e. The maximum Gasteiger partial charge on any atom is 0.196 e. The van der Waals surface area contributed by atoms with Crippen LogP contribution in [-0.2, 0) is 6.42 Å². The third kappa shape index (κ3) is 2.78. The highest BCUT2D eigenvalue weighted by molar-refractivity contribution is 14.1. The Morgan fingerprint density at radius 2 is 2.25 bits per heavy atom. The van der Waals surface area contributed by atoms with E-state index < -0.39 is 0 Å². The first-order valence-corrected chi connectivity index (χ1v) is 7.07. The molecule has 0 bridgehead atoms. The fourth-order valence-corrected chi connectivity index (χ4v) is 2.44. The average molecular weight is 412 g/mol. The summed E-state index contributed by atoms with van der Waals surface area (Å²) >= 11 is 11.4. The Morgan fingerprint density at radius 1 is 1.44 bits per heavy atom. The van der Waals surface area contributed by atoms with Crippen molar-refractivity contribution in [3.8, 4) is 11.3 Å². The fraction of sp³-hybridized carbons (Fsp3) is 0.182. The molecule has 0 saturated heterocycles. The molecule has 0 fully saturated rings. The number of benzene rings is 1. The van der Waals surface area contributed by atoms with E-state index in [1.807, 2.05) is 18.2 Å². The van der Waals surface area contributed by atoms with Gasteiger partial charge >= 0.3 is 0 Å². The van der Waals surface area contributed by atoms with Crippen LogP contribution in [0.5, 0.6) is 0 Å². The summed E-state index contributed by atoms with van der Waals surface area (Å²) in [5, 5.41) is 0. The van der Waals surface area contributed by atoms with E-state index in [2.05, 4.69) is 43.5 Å². The van der Waals surface area contributed by atoms with Gasteiger partial charge in [-0.15, -0.1) is 11.6 Å². The minimum atomic E-state index is 0.523. The molecule has 0 N–H and O–H groups in total. The van der Waals surface area contributed by atoms with Crippen molar-refractivity contribution in [3.05, 3.63) is 38.3 Å². The van der Waals surface area contributed by atoms with Crippen LogP contribution in [0.15, 0.2) is 33.3 Å². The average Bonchev–Trinajstić information content (AvgIpc) is 2.71. The van der Waals surface area contributed by atoms with Gasteiger partial charge in [-0.05, 0) is 40.8 Å². The predicted molar refractivity (Wildman–Crippen MR) is 76.8 cm³/mol. The molecule has 0 aliphatic carbocycles. The van der Waals surface area contributed by atoms with Crippen molar-refractivity contribution in [2.45, 2.75) is 6.42 Å². The summed E-state index contributed by atoms with van der Waals surface area (Å²) < 4.78 is 7.78. The Morgan fingerprint density at radius 3 is 3.00 bits per heavy atom. The minimum absolute atomic E-state index is 0.523. The lowest BCUT2D eigenvalue weighted by Crippen LogP contribution is -1.83. The molecule has 0 spiro atoms. The summed E-state index contributed by atoms with van der Waals surface area (Å²) in [6.07, 6.45) is 2.40. The summed E-state index contributed by atoms with van der Waals surface area (Å²) in [5.41, 5.74) is 1.04. The molecule has 0 aliphatic rings. The van der Waals surface area contributed by atoms with Gasteiger partial charge < -0.3 is 4.42 Å². The van der Waals surface area contributed by atoms with E-state index in [1.54, 1.807) is 6.20 Å². The first-order chi connectivity index (χ1) is 7.70. The molecule has 0 amide bonds. The van der Waals surface area contributed by atoms with Gasteiger partial charge in [0, 0.05) is 25.9 Å². The molecular weight excluding hydrogens is 404 g/mol. The van der Waals surface area contributed by atoms with Crippen LogP contribution in [0.4, 0.5) is 0 Å². The second-order valence-electron chi connectivity index (χ2n) is 3.18. The third-order valence-electron chi connectivity index (χ3n) is 2.06. The zero-order valence-electron chi connectivity index (χ0n) is 8.21. The van der Waals surface area contributed by atoms with Crippen LogP contribution in [0.1, 0.15) is 5.89 Å². The van der Waals surface area contributed by atoms with Crippen molar-refractivity contribution in [2.75, 3.05) is 5.88 Å². The van der Waals surface area contributed by atoms with E-state index in [0.717, 1.165) is 19.4 Å². The summed E-state index contributed by atoms with van der Waals surface area (Å²) in [7, 11) is 0. The summed E-state index contributed by atoms with van der Waals surface area (Å²) in [6.45, 7) is 0. The van der Waals surface area contributed by atoms with Crippen LogP contribution in [0.2, 0.25) is 0 Å². The molecule has 0 atom stereocenters. The summed E-state index contributed by atoms with van der Waals surface area (Å²) in [6, 6.07) is 6.05. The smallest absolute Gasteiger partial charge is 0.196 e. The maximum atomic E-state index is 5.64. The molecular formula is C11H8BrClINO. The molecule has 1 heterocycles. The number of alkyl halides is 1. The Hall–Kier alpha value is -0.0700. The van der Waals surface area contributed by atoms with Gasteiger partial charge in [0.05, 0.1) is 6.20 Å². The van der Waals surface area contributed by atoms with Gasteiger partial charge in [0.1, 0.15) is 0 Å². The van der Waals surface area contributed by atoms with Crippen molar-refractivity contribution < 1.29 is 4.42 Å². The number of oxazole rings is 1. The Bertz CT molecular complexity index is 500. The molecule has 2 nitrogen and oxygen atoms in total. The van der Waals surface area contributed by atoms with Gasteiger partial charge in [0.2, 0.25) is 0 Å². The molecule has 5 heteroatoms. The second-order valence-corrected chi connectivity index (χ2v) is 5.64. The van der Waals surface area contributed by atoms with Crippen LogP contribution in [0, 0.1) is 3.57 Å². The molecule has 0 saturated carbocycles. The number of hydrogen-bond acceptors (Lipinski definition) is 2. The van der Waals surface area contributed by atoms with Crippen molar-refractivity contribution in [2.24, 2.45) is 0 Å². The summed E-state index contributed by atoms with van der Waals surface area (Å²) in [4.78, 5) is 4.18. The van der Waals surface area contributed by atoms with Gasteiger partial charge in [-0.2, -0.15) is 0 Å². The molecule has 2 aromatic rings. The standard InChI is InChI=1S/C11H8BrClINO/c12-7-1-2-9(14)8(5-7)10-6-15-11(16-10)3-4-13/h1-2,5-6H,3-4H2. The number of hydrogen-bond donors (Lipinski definition) is 0. The molecule has 0 radical (unpaired) electrons. The van der Waals surface area contributed by atoms with Crippen LogP contribution in [-0.4, -0.2) is 10.9 Å². The Kier molecular flexibility index (Phi) is 4.27. The highest BCUT2D eigenvalue weighted by Gasteiger charge is 2.09. The molecule has 0 aliphatic heterocycles. The third-order valence-corrected chi connectivity index (χ3v) is 3.68. The zero-order chi connectivity index (χ0) is 11.5. The monoisotopic (exact) mass is 411 g/mol. The van der Waals surface area contributed by atoms with E-state index in [-0.39, 0.29) is 0 Å². The number of nitrogens with zero attached hydrogens (tertiary/aromatic N) is 1. The highest BCUT2D eigenvalue weighted by Crippen LogP contribution is 2.28. The largest absolute Gasteiger partial charge is 0.441 e. The molecule has 0 unspecified atom stereocenters. The van der Waals surface area contributed by atoms with Gasteiger partial charge in [0.15, 0.2) is 11.7 Å². The van der Waals surface area contributed by atoms with Crippen molar-refractivity contribution in [1.82, 2.24) is 4.98 Å².